The lowest BCUT2D eigenvalue weighted by Crippen LogP contribution is -2.20. The first-order chi connectivity index (χ1) is 15.4. The van der Waals surface area contributed by atoms with Crippen LogP contribution in [0.3, 0.4) is 0 Å². The maximum Gasteiger partial charge on any atom is 0.261 e. The molecule has 0 heterocycles. The zero-order valence-corrected chi connectivity index (χ0v) is 17.4. The molecule has 0 saturated carbocycles. The molecular formula is C25H22F2N2O3. The van der Waals surface area contributed by atoms with Crippen molar-refractivity contribution in [2.75, 3.05) is 30.4 Å². The Hall–Kier alpha value is -3.84. The van der Waals surface area contributed by atoms with Crippen molar-refractivity contribution in [3.8, 4) is 0 Å². The number of benzene rings is 3. The van der Waals surface area contributed by atoms with Gasteiger partial charge in [0.05, 0.1) is 6.61 Å². The third kappa shape index (κ3) is 5.65. The Labute approximate surface area is 184 Å². The van der Waals surface area contributed by atoms with Crippen LogP contribution in [0.2, 0.25) is 0 Å². The Kier molecular flexibility index (Phi) is 7.46. The van der Waals surface area contributed by atoms with Gasteiger partial charge in [-0.3, -0.25) is 9.59 Å². The number of nitrogens with one attached hydrogen (secondary N) is 1. The number of ketones is 1. The molecule has 0 aromatic heterocycles. The summed E-state index contributed by atoms with van der Waals surface area (Å²) in [5.41, 5.74) is 1.84. The molecular weight excluding hydrogens is 414 g/mol. The molecule has 2 N–H and O–H groups in total. The summed E-state index contributed by atoms with van der Waals surface area (Å²) in [7, 11) is 1.88. The number of aliphatic hydroxyl groups excluding tert-OH is 1. The van der Waals surface area contributed by atoms with E-state index < -0.39 is 23.1 Å². The second-order valence-corrected chi connectivity index (χ2v) is 7.06. The standard InChI is InChI=1S/C25H22F2N2O3/c1-29(15-16-30)20-12-5-17(6-13-20)7-14-23(31)18-8-10-19(11-9-18)28-25(32)24-21(26)3-2-4-22(24)27/h2-14,30H,15-16H2,1H3,(H,28,32)/b14-7+. The lowest BCUT2D eigenvalue weighted by Gasteiger charge is -2.17. The van der Waals surface area contributed by atoms with Gasteiger partial charge in [-0.1, -0.05) is 24.3 Å². The Balaban J connectivity index is 1.63. The number of hydrogen-bond donors (Lipinski definition) is 2. The lowest BCUT2D eigenvalue weighted by atomic mass is 10.1. The van der Waals surface area contributed by atoms with E-state index in [1.54, 1.807) is 6.08 Å². The molecule has 0 aliphatic heterocycles. The van der Waals surface area contributed by atoms with Crippen molar-refractivity contribution in [2.24, 2.45) is 0 Å². The van der Waals surface area contributed by atoms with Crippen molar-refractivity contribution in [2.45, 2.75) is 0 Å². The number of nitrogens with zero attached hydrogens (tertiary/aromatic N) is 1. The first kappa shape index (κ1) is 22.8. The van der Waals surface area contributed by atoms with Crippen molar-refractivity contribution < 1.29 is 23.5 Å². The van der Waals surface area contributed by atoms with Gasteiger partial charge in [-0.15, -0.1) is 0 Å². The highest BCUT2D eigenvalue weighted by molar-refractivity contribution is 6.08. The summed E-state index contributed by atoms with van der Waals surface area (Å²) in [6.07, 6.45) is 3.13. The molecule has 0 unspecified atom stereocenters. The summed E-state index contributed by atoms with van der Waals surface area (Å²) in [4.78, 5) is 26.5. The van der Waals surface area contributed by atoms with E-state index in [0.717, 1.165) is 23.4 Å². The van der Waals surface area contributed by atoms with Crippen LogP contribution in [0.5, 0.6) is 0 Å². The SMILES string of the molecule is CN(CCO)c1ccc(/C=C/C(=O)c2ccc(NC(=O)c3c(F)cccc3F)cc2)cc1. The molecule has 0 saturated heterocycles. The Morgan fingerprint density at radius 2 is 1.59 bits per heavy atom. The molecule has 0 radical (unpaired) electrons. The van der Waals surface area contributed by atoms with E-state index in [2.05, 4.69) is 5.32 Å². The molecule has 0 aliphatic rings. The van der Waals surface area contributed by atoms with E-state index in [4.69, 9.17) is 5.11 Å². The highest BCUT2D eigenvalue weighted by Crippen LogP contribution is 2.17. The van der Waals surface area contributed by atoms with Gasteiger partial charge in [-0.05, 0) is 60.2 Å². The molecule has 3 aromatic carbocycles. The van der Waals surface area contributed by atoms with E-state index >= 15 is 0 Å². The largest absolute Gasteiger partial charge is 0.395 e. The van der Waals surface area contributed by atoms with E-state index in [1.165, 1.54) is 36.4 Å². The second kappa shape index (κ2) is 10.5. The molecule has 32 heavy (non-hydrogen) atoms. The highest BCUT2D eigenvalue weighted by atomic mass is 19.1. The van der Waals surface area contributed by atoms with Crippen LogP contribution in [0.25, 0.3) is 6.08 Å². The maximum absolute atomic E-state index is 13.7. The van der Waals surface area contributed by atoms with Crippen LogP contribution in [-0.2, 0) is 0 Å². The molecule has 0 atom stereocenters. The number of amides is 1. The lowest BCUT2D eigenvalue weighted by molar-refractivity contribution is 0.101. The van der Waals surface area contributed by atoms with Gasteiger partial charge >= 0.3 is 0 Å². The summed E-state index contributed by atoms with van der Waals surface area (Å²) < 4.78 is 27.5. The quantitative estimate of drug-likeness (QED) is 0.402. The second-order valence-electron chi connectivity index (χ2n) is 7.06. The Bertz CT molecular complexity index is 1110. The number of likely N-dealkylation sites (N-methyl/N-ethyl adjacent to an activating group) is 1. The van der Waals surface area contributed by atoms with E-state index in [9.17, 15) is 18.4 Å². The fourth-order valence-electron chi connectivity index (χ4n) is 3.01. The average molecular weight is 436 g/mol. The maximum atomic E-state index is 13.7. The normalized spacial score (nSPS) is 10.9. The predicted octanol–water partition coefficient (Wildman–Crippen LogP) is 4.54. The minimum Gasteiger partial charge on any atom is -0.395 e. The van der Waals surface area contributed by atoms with Crippen LogP contribution in [0.1, 0.15) is 26.3 Å². The highest BCUT2D eigenvalue weighted by Gasteiger charge is 2.17. The topological polar surface area (TPSA) is 69.6 Å². The fourth-order valence-corrected chi connectivity index (χ4v) is 3.01. The molecule has 0 fully saturated rings. The number of carbonyl (C=O) groups excluding carboxylic acids is 2. The molecule has 3 rings (SSSR count). The smallest absolute Gasteiger partial charge is 0.261 e. The number of hydrogen-bond acceptors (Lipinski definition) is 4. The average Bonchev–Trinajstić information content (AvgIpc) is 2.78. The van der Waals surface area contributed by atoms with Crippen LogP contribution in [0, 0.1) is 11.6 Å². The number of aliphatic hydroxyl groups is 1. The zero-order valence-electron chi connectivity index (χ0n) is 17.4. The van der Waals surface area contributed by atoms with Gasteiger partial charge in [0.15, 0.2) is 5.78 Å². The summed E-state index contributed by atoms with van der Waals surface area (Å²) in [6, 6.07) is 16.7. The fraction of sp³-hybridized carbons (Fsp3) is 0.120. The summed E-state index contributed by atoms with van der Waals surface area (Å²) >= 11 is 0. The van der Waals surface area contributed by atoms with Crippen molar-refractivity contribution >= 4 is 29.1 Å². The van der Waals surface area contributed by atoms with Gasteiger partial charge in [0, 0.05) is 30.5 Å². The third-order valence-corrected chi connectivity index (χ3v) is 4.81. The van der Waals surface area contributed by atoms with Crippen molar-refractivity contribution in [1.29, 1.82) is 0 Å². The monoisotopic (exact) mass is 436 g/mol. The van der Waals surface area contributed by atoms with Gasteiger partial charge in [-0.2, -0.15) is 0 Å². The summed E-state index contributed by atoms with van der Waals surface area (Å²) in [5, 5.41) is 11.4. The number of anilines is 2. The van der Waals surface area contributed by atoms with Crippen LogP contribution in [-0.4, -0.2) is 37.0 Å². The molecule has 0 spiro atoms. The minimum atomic E-state index is -0.951. The van der Waals surface area contributed by atoms with E-state index in [0.29, 0.717) is 17.8 Å². The first-order valence-corrected chi connectivity index (χ1v) is 9.89. The van der Waals surface area contributed by atoms with Crippen LogP contribution < -0.4 is 10.2 Å². The van der Waals surface area contributed by atoms with Crippen LogP contribution >= 0.6 is 0 Å². The number of rotatable bonds is 8. The van der Waals surface area contributed by atoms with E-state index in [-0.39, 0.29) is 12.4 Å². The minimum absolute atomic E-state index is 0.0646. The predicted molar refractivity (Wildman–Crippen MR) is 121 cm³/mol. The molecule has 7 heteroatoms. The van der Waals surface area contributed by atoms with Gasteiger partial charge < -0.3 is 15.3 Å². The Morgan fingerprint density at radius 3 is 2.19 bits per heavy atom. The van der Waals surface area contributed by atoms with Gasteiger partial charge in [0.2, 0.25) is 0 Å². The Morgan fingerprint density at radius 1 is 0.969 bits per heavy atom. The number of carbonyl (C=O) groups is 2. The molecule has 5 nitrogen and oxygen atoms in total. The third-order valence-electron chi connectivity index (χ3n) is 4.81. The van der Waals surface area contributed by atoms with Crippen LogP contribution in [0.15, 0.2) is 72.8 Å². The first-order valence-electron chi connectivity index (χ1n) is 9.89. The molecule has 164 valence electrons. The van der Waals surface area contributed by atoms with Crippen molar-refractivity contribution in [3.63, 3.8) is 0 Å². The zero-order chi connectivity index (χ0) is 23.1. The molecule has 1 amide bonds. The summed E-state index contributed by atoms with van der Waals surface area (Å²) in [5.74, 6) is -3.04. The molecule has 0 aliphatic carbocycles. The van der Waals surface area contributed by atoms with E-state index in [1.807, 2.05) is 36.2 Å². The van der Waals surface area contributed by atoms with Crippen molar-refractivity contribution in [1.82, 2.24) is 0 Å². The summed E-state index contributed by atoms with van der Waals surface area (Å²) in [6.45, 7) is 0.592. The van der Waals surface area contributed by atoms with Gasteiger partial charge in [-0.25, -0.2) is 8.78 Å². The molecule has 3 aromatic rings. The number of allylic oxidation sites excluding steroid dienone is 1. The van der Waals surface area contributed by atoms with Gasteiger partial charge in [0.25, 0.3) is 5.91 Å². The number of halogens is 2. The van der Waals surface area contributed by atoms with Crippen molar-refractivity contribution in [3.05, 3.63) is 101 Å². The van der Waals surface area contributed by atoms with Crippen LogP contribution in [0.4, 0.5) is 20.2 Å². The van der Waals surface area contributed by atoms with Gasteiger partial charge in [0.1, 0.15) is 17.2 Å². The molecule has 0 bridgehead atoms.